The molecule has 0 aliphatic heterocycles. The minimum absolute atomic E-state index is 0.470. The second kappa shape index (κ2) is 6.37. The zero-order valence-electron chi connectivity index (χ0n) is 11.3. The van der Waals surface area contributed by atoms with Crippen LogP contribution in [0.4, 0.5) is 0 Å². The van der Waals surface area contributed by atoms with E-state index < -0.39 is 0 Å². The molecule has 1 unspecified atom stereocenters. The fourth-order valence-electron chi connectivity index (χ4n) is 3.35. The molecule has 0 spiro atoms. The number of hydrogen-bond donors (Lipinski definition) is 0. The van der Waals surface area contributed by atoms with Gasteiger partial charge in [0.2, 0.25) is 0 Å². The smallest absolute Gasteiger partial charge is 0.159 e. The Bertz CT molecular complexity index is 301. The van der Waals surface area contributed by atoms with E-state index in [0.29, 0.717) is 11.7 Å². The molecule has 17 heavy (non-hydrogen) atoms. The standard InChI is InChI=1S/C16H26O/c1-13-11-14-9-7-5-3-2-4-6-8-10-15(14)16(17)12-13/h13H,2-12H2,1H3. The fraction of sp³-hybridized carbons (Fsp3) is 0.812. The maximum Gasteiger partial charge on any atom is 0.159 e. The number of ketones is 1. The Morgan fingerprint density at radius 2 is 1.41 bits per heavy atom. The topological polar surface area (TPSA) is 17.1 Å². The summed E-state index contributed by atoms with van der Waals surface area (Å²) in [5, 5.41) is 0. The van der Waals surface area contributed by atoms with Crippen molar-refractivity contribution in [3.63, 3.8) is 0 Å². The summed E-state index contributed by atoms with van der Waals surface area (Å²) in [6, 6.07) is 0. The molecule has 0 aromatic rings. The fourth-order valence-corrected chi connectivity index (χ4v) is 3.35. The van der Waals surface area contributed by atoms with E-state index >= 15 is 0 Å². The predicted octanol–water partition coefficient (Wildman–Crippen LogP) is 4.81. The molecule has 0 fully saturated rings. The van der Waals surface area contributed by atoms with Crippen molar-refractivity contribution >= 4 is 5.78 Å². The largest absolute Gasteiger partial charge is 0.295 e. The van der Waals surface area contributed by atoms with E-state index in [4.69, 9.17) is 0 Å². The first-order valence-electron chi connectivity index (χ1n) is 7.51. The summed E-state index contributed by atoms with van der Waals surface area (Å²) in [6.07, 6.45) is 13.7. The Morgan fingerprint density at radius 3 is 2.12 bits per heavy atom. The Morgan fingerprint density at radius 1 is 0.824 bits per heavy atom. The zero-order chi connectivity index (χ0) is 12.1. The summed E-state index contributed by atoms with van der Waals surface area (Å²) in [6.45, 7) is 2.23. The average molecular weight is 234 g/mol. The molecule has 0 saturated heterocycles. The van der Waals surface area contributed by atoms with E-state index in [9.17, 15) is 4.79 Å². The number of rotatable bonds is 0. The van der Waals surface area contributed by atoms with Gasteiger partial charge in [-0.2, -0.15) is 0 Å². The lowest BCUT2D eigenvalue weighted by Crippen LogP contribution is -2.18. The van der Waals surface area contributed by atoms with Crippen LogP contribution in [0.2, 0.25) is 0 Å². The maximum absolute atomic E-state index is 12.1. The second-order valence-electron chi connectivity index (χ2n) is 5.99. The van der Waals surface area contributed by atoms with Crippen LogP contribution in [0.5, 0.6) is 0 Å². The van der Waals surface area contributed by atoms with E-state index in [0.717, 1.165) is 12.8 Å². The summed E-state index contributed by atoms with van der Waals surface area (Å²) in [7, 11) is 0. The Balaban J connectivity index is 2.08. The average Bonchev–Trinajstić information content (AvgIpc) is 2.33. The third-order valence-corrected chi connectivity index (χ3v) is 4.30. The molecule has 0 bridgehead atoms. The third-order valence-electron chi connectivity index (χ3n) is 4.30. The third kappa shape index (κ3) is 3.69. The molecule has 0 aromatic carbocycles. The molecule has 1 heteroatoms. The zero-order valence-corrected chi connectivity index (χ0v) is 11.3. The summed E-state index contributed by atoms with van der Waals surface area (Å²) in [5.74, 6) is 1.06. The molecule has 0 N–H and O–H groups in total. The van der Waals surface area contributed by atoms with Crippen molar-refractivity contribution < 1.29 is 4.79 Å². The molecule has 0 aromatic heterocycles. The van der Waals surface area contributed by atoms with Crippen molar-refractivity contribution in [1.82, 2.24) is 0 Å². The highest BCUT2D eigenvalue weighted by atomic mass is 16.1. The van der Waals surface area contributed by atoms with Crippen molar-refractivity contribution in [3.05, 3.63) is 11.1 Å². The summed E-state index contributed by atoms with van der Waals surface area (Å²) < 4.78 is 0. The van der Waals surface area contributed by atoms with Crippen LogP contribution in [0, 0.1) is 5.92 Å². The lowest BCUT2D eigenvalue weighted by Gasteiger charge is -2.24. The molecular formula is C16H26O. The number of Topliss-reactive ketones (excluding diaryl/α,β-unsaturated/α-hetero) is 1. The van der Waals surface area contributed by atoms with Crippen LogP contribution in [0.25, 0.3) is 0 Å². The highest BCUT2D eigenvalue weighted by Crippen LogP contribution is 2.33. The van der Waals surface area contributed by atoms with Gasteiger partial charge in [0, 0.05) is 6.42 Å². The second-order valence-corrected chi connectivity index (χ2v) is 5.99. The van der Waals surface area contributed by atoms with Crippen LogP contribution in [0.1, 0.15) is 77.6 Å². The van der Waals surface area contributed by atoms with Crippen molar-refractivity contribution in [2.24, 2.45) is 5.92 Å². The van der Waals surface area contributed by atoms with Crippen molar-refractivity contribution in [2.45, 2.75) is 77.6 Å². The summed E-state index contributed by atoms with van der Waals surface area (Å²) in [5.41, 5.74) is 2.76. The molecule has 0 heterocycles. The SMILES string of the molecule is CC1CC(=O)C2=C(CCCCCCCCC2)C1. The summed E-state index contributed by atoms with van der Waals surface area (Å²) >= 11 is 0. The van der Waals surface area contributed by atoms with Gasteiger partial charge in [0.15, 0.2) is 5.78 Å². The highest BCUT2D eigenvalue weighted by molar-refractivity contribution is 5.97. The van der Waals surface area contributed by atoms with Gasteiger partial charge in [0.1, 0.15) is 0 Å². The normalized spacial score (nSPS) is 28.5. The van der Waals surface area contributed by atoms with E-state index in [1.807, 2.05) is 0 Å². The Labute approximate surface area is 106 Å². The van der Waals surface area contributed by atoms with Gasteiger partial charge in [-0.3, -0.25) is 4.79 Å². The molecule has 0 saturated carbocycles. The van der Waals surface area contributed by atoms with Crippen LogP contribution >= 0.6 is 0 Å². The predicted molar refractivity (Wildman–Crippen MR) is 72.0 cm³/mol. The number of carbonyl (C=O) groups is 1. The van der Waals surface area contributed by atoms with Gasteiger partial charge in [0.25, 0.3) is 0 Å². The van der Waals surface area contributed by atoms with E-state index in [1.165, 1.54) is 68.9 Å². The quantitative estimate of drug-likeness (QED) is 0.588. The van der Waals surface area contributed by atoms with Gasteiger partial charge in [-0.15, -0.1) is 0 Å². The van der Waals surface area contributed by atoms with Crippen LogP contribution in [-0.2, 0) is 4.79 Å². The van der Waals surface area contributed by atoms with Crippen LogP contribution < -0.4 is 0 Å². The van der Waals surface area contributed by atoms with E-state index in [-0.39, 0.29) is 0 Å². The number of hydrogen-bond acceptors (Lipinski definition) is 1. The molecule has 0 amide bonds. The van der Waals surface area contributed by atoms with Gasteiger partial charge >= 0.3 is 0 Å². The first kappa shape index (κ1) is 12.9. The maximum atomic E-state index is 12.1. The lowest BCUT2D eigenvalue weighted by molar-refractivity contribution is -0.117. The highest BCUT2D eigenvalue weighted by Gasteiger charge is 2.24. The van der Waals surface area contributed by atoms with Gasteiger partial charge in [-0.25, -0.2) is 0 Å². The van der Waals surface area contributed by atoms with Gasteiger partial charge in [0.05, 0.1) is 0 Å². The molecule has 1 atom stereocenters. The molecule has 2 rings (SSSR count). The monoisotopic (exact) mass is 234 g/mol. The molecule has 2 aliphatic carbocycles. The van der Waals surface area contributed by atoms with Gasteiger partial charge in [-0.1, -0.05) is 44.6 Å². The Kier molecular flexibility index (Phi) is 4.82. The van der Waals surface area contributed by atoms with E-state index in [1.54, 1.807) is 0 Å². The number of allylic oxidation sites excluding steroid dienone is 2. The minimum atomic E-state index is 0.470. The molecule has 96 valence electrons. The first-order chi connectivity index (χ1) is 8.27. The minimum Gasteiger partial charge on any atom is -0.295 e. The number of carbonyl (C=O) groups excluding carboxylic acids is 1. The van der Waals surface area contributed by atoms with Crippen LogP contribution in [0.3, 0.4) is 0 Å². The van der Waals surface area contributed by atoms with Crippen molar-refractivity contribution in [2.75, 3.05) is 0 Å². The first-order valence-corrected chi connectivity index (χ1v) is 7.51. The van der Waals surface area contributed by atoms with Gasteiger partial charge in [-0.05, 0) is 43.6 Å². The van der Waals surface area contributed by atoms with Crippen molar-refractivity contribution in [3.8, 4) is 0 Å². The molecule has 1 nitrogen and oxygen atoms in total. The Hall–Kier alpha value is -0.590. The molecule has 0 radical (unpaired) electrons. The van der Waals surface area contributed by atoms with Crippen molar-refractivity contribution in [1.29, 1.82) is 0 Å². The summed E-state index contributed by atoms with van der Waals surface area (Å²) in [4.78, 5) is 12.1. The van der Waals surface area contributed by atoms with E-state index in [2.05, 4.69) is 6.92 Å². The van der Waals surface area contributed by atoms with Gasteiger partial charge < -0.3 is 0 Å². The molecule has 2 aliphatic rings. The lowest BCUT2D eigenvalue weighted by atomic mass is 9.80. The molecular weight excluding hydrogens is 208 g/mol. The van der Waals surface area contributed by atoms with Crippen LogP contribution in [0.15, 0.2) is 11.1 Å². The van der Waals surface area contributed by atoms with Crippen LogP contribution in [-0.4, -0.2) is 5.78 Å².